The van der Waals surface area contributed by atoms with Crippen molar-refractivity contribution in [3.8, 4) is 0 Å². The number of nitrogens with zero attached hydrogens (tertiary/aromatic N) is 2. The molecule has 0 radical (unpaired) electrons. The third-order valence-electron chi connectivity index (χ3n) is 4.03. The number of carbonyl (C=O) groups excluding carboxylic acids is 1. The van der Waals surface area contributed by atoms with E-state index in [1.54, 1.807) is 13.0 Å². The number of aromatic nitrogens is 1. The predicted molar refractivity (Wildman–Crippen MR) is 77.3 cm³/mol. The van der Waals surface area contributed by atoms with Crippen LogP contribution in [-0.2, 0) is 4.79 Å². The van der Waals surface area contributed by atoms with Crippen LogP contribution >= 0.6 is 0 Å². The van der Waals surface area contributed by atoms with Crippen molar-refractivity contribution in [2.45, 2.75) is 38.6 Å². The Morgan fingerprint density at radius 2 is 2.30 bits per heavy atom. The highest BCUT2D eigenvalue weighted by Crippen LogP contribution is 2.27. The fourth-order valence-corrected chi connectivity index (χ4v) is 2.99. The van der Waals surface area contributed by atoms with Gasteiger partial charge >= 0.3 is 0 Å². The number of anilines is 1. The summed E-state index contributed by atoms with van der Waals surface area (Å²) in [6, 6.07) is 2.11. The van der Waals surface area contributed by atoms with Crippen LogP contribution in [0.25, 0.3) is 0 Å². The molecule has 112 valence electrons. The molecule has 1 heterocycles. The van der Waals surface area contributed by atoms with Crippen molar-refractivity contribution in [1.82, 2.24) is 10.1 Å². The lowest BCUT2D eigenvalue weighted by molar-refractivity contribution is -0.117. The topological polar surface area (TPSA) is 84.4 Å². The smallest absolute Gasteiger partial charge is 0.239 e. The number of hydrogen-bond donors (Lipinski definition) is 2. The summed E-state index contributed by atoms with van der Waals surface area (Å²) >= 11 is 0. The standard InChI is InChI=1S/C14H24N4O2/c1-10-7-13(17-20-10)16-14(19)9-18(2)12-6-4-3-5-11(12)8-15/h7,11-12H,3-6,8-9,15H2,1-2H3,(H,16,17,19). The molecule has 1 saturated carbocycles. The van der Waals surface area contributed by atoms with Gasteiger partial charge in [-0.2, -0.15) is 0 Å². The van der Waals surface area contributed by atoms with Crippen molar-refractivity contribution in [3.05, 3.63) is 11.8 Å². The van der Waals surface area contributed by atoms with E-state index in [1.807, 2.05) is 7.05 Å². The predicted octanol–water partition coefficient (Wildman–Crippen LogP) is 1.37. The van der Waals surface area contributed by atoms with Gasteiger partial charge in [0.15, 0.2) is 5.82 Å². The number of rotatable bonds is 5. The minimum absolute atomic E-state index is 0.0675. The van der Waals surface area contributed by atoms with E-state index < -0.39 is 0 Å². The largest absolute Gasteiger partial charge is 0.360 e. The average molecular weight is 280 g/mol. The van der Waals surface area contributed by atoms with Gasteiger partial charge in [0.05, 0.1) is 6.54 Å². The van der Waals surface area contributed by atoms with Crippen molar-refractivity contribution in [1.29, 1.82) is 0 Å². The first kappa shape index (κ1) is 15.0. The number of nitrogens with two attached hydrogens (primary N) is 1. The van der Waals surface area contributed by atoms with Crippen LogP contribution in [0.15, 0.2) is 10.6 Å². The molecule has 2 unspecified atom stereocenters. The zero-order valence-electron chi connectivity index (χ0n) is 12.3. The Kier molecular flexibility index (Phi) is 5.14. The SMILES string of the molecule is Cc1cc(NC(=O)CN(C)C2CCCCC2CN)no1. The fourth-order valence-electron chi connectivity index (χ4n) is 2.99. The van der Waals surface area contributed by atoms with Gasteiger partial charge in [-0.25, -0.2) is 0 Å². The van der Waals surface area contributed by atoms with Crippen molar-refractivity contribution >= 4 is 11.7 Å². The average Bonchev–Trinajstić information content (AvgIpc) is 2.83. The van der Waals surface area contributed by atoms with E-state index in [1.165, 1.54) is 12.8 Å². The highest BCUT2D eigenvalue weighted by Gasteiger charge is 2.28. The zero-order valence-corrected chi connectivity index (χ0v) is 12.3. The molecule has 1 aliphatic rings. The first-order valence-corrected chi connectivity index (χ1v) is 7.23. The van der Waals surface area contributed by atoms with Gasteiger partial charge in [-0.05, 0) is 39.3 Å². The van der Waals surface area contributed by atoms with E-state index in [0.29, 0.717) is 36.6 Å². The Morgan fingerprint density at radius 1 is 1.55 bits per heavy atom. The molecule has 1 fully saturated rings. The molecule has 1 aromatic rings. The molecule has 2 rings (SSSR count). The molecule has 1 aromatic heterocycles. The monoisotopic (exact) mass is 280 g/mol. The van der Waals surface area contributed by atoms with E-state index in [2.05, 4.69) is 15.4 Å². The Labute approximate surface area is 119 Å². The van der Waals surface area contributed by atoms with Crippen LogP contribution in [0.5, 0.6) is 0 Å². The lowest BCUT2D eigenvalue weighted by Gasteiger charge is -2.37. The third kappa shape index (κ3) is 3.80. The summed E-state index contributed by atoms with van der Waals surface area (Å²) in [5.74, 6) is 1.59. The number of hydrogen-bond acceptors (Lipinski definition) is 5. The Balaban J connectivity index is 1.86. The molecular weight excluding hydrogens is 256 g/mol. The molecule has 6 heteroatoms. The second kappa shape index (κ2) is 6.85. The van der Waals surface area contributed by atoms with Crippen LogP contribution in [0, 0.1) is 12.8 Å². The molecule has 20 heavy (non-hydrogen) atoms. The first-order chi connectivity index (χ1) is 9.60. The normalized spacial score (nSPS) is 23.0. The van der Waals surface area contributed by atoms with Gasteiger partial charge in [0.2, 0.25) is 5.91 Å². The molecule has 0 aromatic carbocycles. The Bertz CT molecular complexity index is 446. The molecular formula is C14H24N4O2. The molecule has 2 atom stereocenters. The summed E-state index contributed by atoms with van der Waals surface area (Å²) in [4.78, 5) is 14.1. The van der Waals surface area contributed by atoms with Gasteiger partial charge in [-0.1, -0.05) is 18.0 Å². The van der Waals surface area contributed by atoms with E-state index >= 15 is 0 Å². The summed E-state index contributed by atoms with van der Waals surface area (Å²) in [6.45, 7) is 2.84. The Morgan fingerprint density at radius 3 is 2.95 bits per heavy atom. The highest BCUT2D eigenvalue weighted by atomic mass is 16.5. The van der Waals surface area contributed by atoms with Crippen LogP contribution < -0.4 is 11.1 Å². The summed E-state index contributed by atoms with van der Waals surface area (Å²) in [7, 11) is 1.99. The van der Waals surface area contributed by atoms with Gasteiger partial charge in [-0.3, -0.25) is 9.69 Å². The zero-order chi connectivity index (χ0) is 14.5. The van der Waals surface area contributed by atoms with Crippen molar-refractivity contribution in [2.75, 3.05) is 25.5 Å². The summed E-state index contributed by atoms with van der Waals surface area (Å²) in [5.41, 5.74) is 5.84. The first-order valence-electron chi connectivity index (χ1n) is 7.23. The van der Waals surface area contributed by atoms with Gasteiger partial charge in [0, 0.05) is 12.1 Å². The maximum Gasteiger partial charge on any atom is 0.239 e. The summed E-state index contributed by atoms with van der Waals surface area (Å²) < 4.78 is 4.93. The molecule has 0 bridgehead atoms. The fraction of sp³-hybridized carbons (Fsp3) is 0.714. The van der Waals surface area contributed by atoms with Gasteiger partial charge in [0.25, 0.3) is 0 Å². The molecule has 0 spiro atoms. The van der Waals surface area contributed by atoms with Crippen LogP contribution in [0.4, 0.5) is 5.82 Å². The number of aryl methyl sites for hydroxylation is 1. The molecule has 3 N–H and O–H groups in total. The van der Waals surface area contributed by atoms with E-state index in [9.17, 15) is 4.79 Å². The lowest BCUT2D eigenvalue weighted by Crippen LogP contribution is -2.45. The number of carbonyl (C=O) groups is 1. The highest BCUT2D eigenvalue weighted by molar-refractivity contribution is 5.91. The number of amides is 1. The van der Waals surface area contributed by atoms with Crippen LogP contribution in [-0.4, -0.2) is 42.1 Å². The molecule has 6 nitrogen and oxygen atoms in total. The Hall–Kier alpha value is -1.40. The van der Waals surface area contributed by atoms with Crippen LogP contribution in [0.1, 0.15) is 31.4 Å². The van der Waals surface area contributed by atoms with Crippen LogP contribution in [0.3, 0.4) is 0 Å². The van der Waals surface area contributed by atoms with E-state index in [0.717, 1.165) is 12.8 Å². The van der Waals surface area contributed by atoms with Crippen molar-refractivity contribution < 1.29 is 9.32 Å². The lowest BCUT2D eigenvalue weighted by atomic mass is 9.84. The molecule has 1 aliphatic carbocycles. The second-order valence-corrected chi connectivity index (χ2v) is 5.63. The van der Waals surface area contributed by atoms with Crippen molar-refractivity contribution in [2.24, 2.45) is 11.7 Å². The summed E-state index contributed by atoms with van der Waals surface area (Å²) in [5, 5.41) is 6.51. The second-order valence-electron chi connectivity index (χ2n) is 5.63. The third-order valence-corrected chi connectivity index (χ3v) is 4.03. The van der Waals surface area contributed by atoms with Crippen molar-refractivity contribution in [3.63, 3.8) is 0 Å². The van der Waals surface area contributed by atoms with E-state index in [-0.39, 0.29) is 5.91 Å². The molecule has 0 aliphatic heterocycles. The summed E-state index contributed by atoms with van der Waals surface area (Å²) in [6.07, 6.45) is 4.75. The van der Waals surface area contributed by atoms with Crippen LogP contribution in [0.2, 0.25) is 0 Å². The quantitative estimate of drug-likeness (QED) is 0.851. The molecule has 1 amide bonds. The minimum atomic E-state index is -0.0675. The number of likely N-dealkylation sites (N-methyl/N-ethyl adjacent to an activating group) is 1. The molecule has 0 saturated heterocycles. The van der Waals surface area contributed by atoms with Gasteiger partial charge < -0.3 is 15.6 Å². The van der Waals surface area contributed by atoms with Gasteiger partial charge in [-0.15, -0.1) is 0 Å². The van der Waals surface area contributed by atoms with Gasteiger partial charge in [0.1, 0.15) is 5.76 Å². The maximum absolute atomic E-state index is 12.0. The van der Waals surface area contributed by atoms with E-state index in [4.69, 9.17) is 10.3 Å². The number of nitrogens with one attached hydrogen (secondary N) is 1. The minimum Gasteiger partial charge on any atom is -0.360 e. The maximum atomic E-state index is 12.0.